The smallest absolute Gasteiger partial charge is 0.372 e. The Morgan fingerprint density at radius 3 is 2.75 bits per heavy atom. The van der Waals surface area contributed by atoms with Gasteiger partial charge in [0.15, 0.2) is 0 Å². The first-order valence-electron chi connectivity index (χ1n) is 5.11. The van der Waals surface area contributed by atoms with Gasteiger partial charge in [0.2, 0.25) is 0 Å². The van der Waals surface area contributed by atoms with Crippen LogP contribution in [0.4, 0.5) is 13.2 Å². The normalized spacial score (nSPS) is 14.1. The lowest BCUT2D eigenvalue weighted by Crippen LogP contribution is -2.21. The molecule has 1 heterocycles. The molecule has 0 aliphatic heterocycles. The number of alkyl halides is 3. The third-order valence-corrected chi connectivity index (χ3v) is 2.22. The van der Waals surface area contributed by atoms with Crippen LogP contribution in [-0.4, -0.2) is 22.1 Å². The summed E-state index contributed by atoms with van der Waals surface area (Å²) in [6.45, 7) is 2.92. The van der Waals surface area contributed by atoms with E-state index in [2.05, 4.69) is 5.10 Å². The fourth-order valence-electron chi connectivity index (χ4n) is 1.14. The number of aromatic nitrogens is 2. The van der Waals surface area contributed by atoms with Crippen LogP contribution in [-0.2, 0) is 17.9 Å². The van der Waals surface area contributed by atoms with Crippen molar-refractivity contribution in [2.24, 2.45) is 0 Å². The van der Waals surface area contributed by atoms with E-state index >= 15 is 0 Å². The van der Waals surface area contributed by atoms with Crippen LogP contribution in [0, 0.1) is 0 Å². The van der Waals surface area contributed by atoms with Crippen molar-refractivity contribution < 1.29 is 17.9 Å². The van der Waals surface area contributed by atoms with Gasteiger partial charge < -0.3 is 4.74 Å². The van der Waals surface area contributed by atoms with Crippen LogP contribution in [0.5, 0.6) is 0 Å². The van der Waals surface area contributed by atoms with Crippen molar-refractivity contribution in [1.82, 2.24) is 9.78 Å². The predicted molar refractivity (Wildman–Crippen MR) is 52.8 cm³/mol. The van der Waals surface area contributed by atoms with E-state index in [1.807, 2.05) is 13.8 Å². The first kappa shape index (κ1) is 13.0. The number of halogens is 3. The van der Waals surface area contributed by atoms with Crippen LogP contribution in [0.25, 0.3) is 0 Å². The molecule has 0 aliphatic rings. The Bertz CT molecular complexity index is 322. The molecule has 6 heteroatoms. The van der Waals surface area contributed by atoms with Crippen LogP contribution in [0.1, 0.15) is 26.0 Å². The fourth-order valence-corrected chi connectivity index (χ4v) is 1.14. The summed E-state index contributed by atoms with van der Waals surface area (Å²) in [5.74, 6) is 0. The summed E-state index contributed by atoms with van der Waals surface area (Å²) in [6, 6.07) is 1.54. The topological polar surface area (TPSA) is 27.1 Å². The monoisotopic (exact) mass is 236 g/mol. The Labute approximate surface area is 92.2 Å². The summed E-state index contributed by atoms with van der Waals surface area (Å²) < 4.78 is 42.8. The van der Waals surface area contributed by atoms with Crippen molar-refractivity contribution in [2.75, 3.05) is 0 Å². The summed E-state index contributed by atoms with van der Waals surface area (Å²) in [6.07, 6.45) is -2.04. The minimum atomic E-state index is -4.25. The van der Waals surface area contributed by atoms with Crippen molar-refractivity contribution in [1.29, 1.82) is 0 Å². The largest absolute Gasteiger partial charge is 0.408 e. The Balaban J connectivity index is 2.57. The van der Waals surface area contributed by atoms with Crippen LogP contribution in [0.2, 0.25) is 0 Å². The van der Waals surface area contributed by atoms with Crippen LogP contribution >= 0.6 is 0 Å². The zero-order chi connectivity index (χ0) is 12.2. The average Bonchev–Trinajstić information content (AvgIpc) is 2.59. The van der Waals surface area contributed by atoms with Gasteiger partial charge in [-0.15, -0.1) is 0 Å². The molecule has 16 heavy (non-hydrogen) atoms. The molecule has 0 bridgehead atoms. The molecule has 1 aromatic rings. The summed E-state index contributed by atoms with van der Waals surface area (Å²) in [5.41, 5.74) is 0.442. The van der Waals surface area contributed by atoms with Gasteiger partial charge in [0, 0.05) is 6.20 Å². The lowest BCUT2D eigenvalue weighted by Gasteiger charge is -2.13. The number of nitrogens with zero attached hydrogens (tertiary/aromatic N) is 2. The van der Waals surface area contributed by atoms with E-state index in [0.29, 0.717) is 5.69 Å². The summed E-state index contributed by atoms with van der Waals surface area (Å²) in [4.78, 5) is 0. The van der Waals surface area contributed by atoms with Gasteiger partial charge in [0.25, 0.3) is 0 Å². The standard InChI is InChI=1S/C10H15F3N2O/c1-3-8(2)16-6-9-4-5-14-15(9)7-10(11,12)13/h4-5,8H,3,6-7H2,1-2H3/t8-/m0/s1. The zero-order valence-corrected chi connectivity index (χ0v) is 9.29. The molecule has 0 radical (unpaired) electrons. The van der Waals surface area contributed by atoms with Gasteiger partial charge in [-0.05, 0) is 19.4 Å². The molecule has 0 N–H and O–H groups in total. The van der Waals surface area contributed by atoms with E-state index in [9.17, 15) is 13.2 Å². The molecule has 0 aromatic carbocycles. The number of hydrogen-bond donors (Lipinski definition) is 0. The van der Waals surface area contributed by atoms with Crippen molar-refractivity contribution in [2.45, 2.75) is 45.7 Å². The molecule has 3 nitrogen and oxygen atoms in total. The molecule has 1 aromatic heterocycles. The fraction of sp³-hybridized carbons (Fsp3) is 0.700. The SMILES string of the molecule is CC[C@H](C)OCc1ccnn1CC(F)(F)F. The number of ether oxygens (including phenoxy) is 1. The molecule has 1 rings (SSSR count). The molecule has 0 fully saturated rings. The summed E-state index contributed by atoms with van der Waals surface area (Å²) >= 11 is 0. The van der Waals surface area contributed by atoms with Crippen LogP contribution in [0.15, 0.2) is 12.3 Å². The Kier molecular flexibility index (Phi) is 4.35. The maximum Gasteiger partial charge on any atom is 0.408 e. The Morgan fingerprint density at radius 1 is 1.50 bits per heavy atom. The Morgan fingerprint density at radius 2 is 2.19 bits per heavy atom. The van der Waals surface area contributed by atoms with Crippen molar-refractivity contribution >= 4 is 0 Å². The third kappa shape index (κ3) is 4.22. The molecular formula is C10H15F3N2O. The number of hydrogen-bond acceptors (Lipinski definition) is 2. The lowest BCUT2D eigenvalue weighted by atomic mass is 10.3. The van der Waals surface area contributed by atoms with Gasteiger partial charge in [-0.25, -0.2) is 0 Å². The van der Waals surface area contributed by atoms with Gasteiger partial charge in [0.1, 0.15) is 6.54 Å². The molecule has 0 spiro atoms. The molecule has 92 valence electrons. The zero-order valence-electron chi connectivity index (χ0n) is 9.29. The highest BCUT2D eigenvalue weighted by Gasteiger charge is 2.29. The van der Waals surface area contributed by atoms with Crippen molar-refractivity contribution in [3.63, 3.8) is 0 Å². The second-order valence-corrected chi connectivity index (χ2v) is 3.63. The number of rotatable bonds is 5. The van der Waals surface area contributed by atoms with E-state index in [1.54, 1.807) is 0 Å². The highest BCUT2D eigenvalue weighted by molar-refractivity contribution is 4.99. The molecule has 0 saturated carbocycles. The van der Waals surface area contributed by atoms with Gasteiger partial charge in [-0.3, -0.25) is 4.68 Å². The predicted octanol–water partition coefficient (Wildman–Crippen LogP) is 2.76. The van der Waals surface area contributed by atoms with Gasteiger partial charge in [0.05, 0.1) is 18.4 Å². The lowest BCUT2D eigenvalue weighted by molar-refractivity contribution is -0.143. The second kappa shape index (κ2) is 5.34. The maximum absolute atomic E-state index is 12.2. The highest BCUT2D eigenvalue weighted by atomic mass is 19.4. The molecule has 0 aliphatic carbocycles. The molecular weight excluding hydrogens is 221 g/mol. The van der Waals surface area contributed by atoms with E-state index in [4.69, 9.17) is 4.74 Å². The quantitative estimate of drug-likeness (QED) is 0.786. The first-order valence-corrected chi connectivity index (χ1v) is 5.11. The summed E-state index contributed by atoms with van der Waals surface area (Å²) in [7, 11) is 0. The van der Waals surface area contributed by atoms with Crippen LogP contribution < -0.4 is 0 Å². The van der Waals surface area contributed by atoms with Crippen LogP contribution in [0.3, 0.4) is 0 Å². The minimum absolute atomic E-state index is 0.0363. The minimum Gasteiger partial charge on any atom is -0.372 e. The van der Waals surface area contributed by atoms with Gasteiger partial charge in [-0.2, -0.15) is 18.3 Å². The second-order valence-electron chi connectivity index (χ2n) is 3.63. The van der Waals surface area contributed by atoms with E-state index in [0.717, 1.165) is 11.1 Å². The third-order valence-electron chi connectivity index (χ3n) is 2.22. The van der Waals surface area contributed by atoms with Crippen molar-refractivity contribution in [3.05, 3.63) is 18.0 Å². The Hall–Kier alpha value is -1.04. The summed E-state index contributed by atoms with van der Waals surface area (Å²) in [5, 5.41) is 3.62. The molecule has 0 amide bonds. The van der Waals surface area contributed by atoms with Crippen molar-refractivity contribution in [3.8, 4) is 0 Å². The van der Waals surface area contributed by atoms with E-state index in [1.165, 1.54) is 12.3 Å². The molecule has 1 atom stereocenters. The van der Waals surface area contributed by atoms with E-state index < -0.39 is 12.7 Å². The first-order chi connectivity index (χ1) is 7.42. The molecule has 0 saturated heterocycles. The van der Waals surface area contributed by atoms with Gasteiger partial charge >= 0.3 is 6.18 Å². The highest BCUT2D eigenvalue weighted by Crippen LogP contribution is 2.18. The average molecular weight is 236 g/mol. The maximum atomic E-state index is 12.2. The van der Waals surface area contributed by atoms with Gasteiger partial charge in [-0.1, -0.05) is 6.92 Å². The van der Waals surface area contributed by atoms with E-state index in [-0.39, 0.29) is 12.7 Å². The molecule has 0 unspecified atom stereocenters.